The number of rotatable bonds is 4. The normalized spacial score (nSPS) is 25.0. The van der Waals surface area contributed by atoms with E-state index in [1.165, 1.54) is 13.2 Å². The summed E-state index contributed by atoms with van der Waals surface area (Å²) in [7, 11) is 1.36. The molecule has 0 bridgehead atoms. The molecule has 0 saturated carbocycles. The van der Waals surface area contributed by atoms with E-state index >= 15 is 0 Å². The first-order valence-corrected chi connectivity index (χ1v) is 8.56. The van der Waals surface area contributed by atoms with Crippen molar-refractivity contribution in [1.29, 1.82) is 0 Å². The molecule has 2 aliphatic rings. The Bertz CT molecular complexity index is 590. The van der Waals surface area contributed by atoms with E-state index in [1.807, 2.05) is 13.0 Å². The molecule has 3 rings (SSSR count). The largest absolute Gasteiger partial charge is 0.467 e. The van der Waals surface area contributed by atoms with Crippen molar-refractivity contribution in [2.75, 3.05) is 38.2 Å². The number of hydrogen-bond acceptors (Lipinski definition) is 5. The number of carbonyl (C=O) groups is 1. The van der Waals surface area contributed by atoms with Crippen LogP contribution in [0.1, 0.15) is 25.3 Å². The van der Waals surface area contributed by atoms with E-state index < -0.39 is 6.10 Å². The predicted octanol–water partition coefficient (Wildman–Crippen LogP) is 2.19. The van der Waals surface area contributed by atoms with Gasteiger partial charge in [0.15, 0.2) is 6.10 Å². The van der Waals surface area contributed by atoms with Crippen LogP contribution in [0.3, 0.4) is 0 Å². The van der Waals surface area contributed by atoms with Crippen LogP contribution in [-0.2, 0) is 20.8 Å². The Morgan fingerprint density at radius 3 is 2.79 bits per heavy atom. The summed E-state index contributed by atoms with van der Waals surface area (Å²) in [4.78, 5) is 16.1. The molecule has 6 heteroatoms. The zero-order chi connectivity index (χ0) is 17.1. The van der Waals surface area contributed by atoms with Gasteiger partial charge in [-0.1, -0.05) is 6.07 Å². The molecule has 24 heavy (non-hydrogen) atoms. The van der Waals surface area contributed by atoms with E-state index in [4.69, 9.17) is 9.47 Å². The molecule has 1 aromatic rings. The summed E-state index contributed by atoms with van der Waals surface area (Å²) in [6.45, 7) is 5.43. The number of ether oxygens (including phenoxy) is 2. The van der Waals surface area contributed by atoms with Crippen molar-refractivity contribution in [1.82, 2.24) is 4.90 Å². The fraction of sp³-hybridized carbons (Fsp3) is 0.611. The maximum Gasteiger partial charge on any atom is 0.336 e. The standard InChI is InChI=1S/C18H25FN2O3/c1-13-10-20(12-17(24-13)18(22)23-2)11-14-15(19)6-5-7-16(14)21-8-3-4-9-21/h5-7,13,17H,3-4,8-12H2,1-2H3/t13-,17?/m1/s1. The van der Waals surface area contributed by atoms with Crippen LogP contribution in [0.5, 0.6) is 0 Å². The van der Waals surface area contributed by atoms with E-state index in [-0.39, 0.29) is 17.9 Å². The third kappa shape index (κ3) is 3.70. The molecule has 0 radical (unpaired) electrons. The highest BCUT2D eigenvalue weighted by molar-refractivity contribution is 5.75. The molecule has 0 aromatic heterocycles. The zero-order valence-electron chi connectivity index (χ0n) is 14.3. The molecule has 2 saturated heterocycles. The van der Waals surface area contributed by atoms with Gasteiger partial charge in [-0.15, -0.1) is 0 Å². The predicted molar refractivity (Wildman–Crippen MR) is 89.5 cm³/mol. The fourth-order valence-electron chi connectivity index (χ4n) is 3.61. The van der Waals surface area contributed by atoms with Crippen LogP contribution in [-0.4, -0.2) is 56.4 Å². The molecule has 0 aliphatic carbocycles. The van der Waals surface area contributed by atoms with Crippen LogP contribution in [0.2, 0.25) is 0 Å². The van der Waals surface area contributed by atoms with Gasteiger partial charge in [0.25, 0.3) is 0 Å². The first-order valence-electron chi connectivity index (χ1n) is 8.56. The van der Waals surface area contributed by atoms with Gasteiger partial charge in [0.2, 0.25) is 0 Å². The number of methoxy groups -OCH3 is 1. The van der Waals surface area contributed by atoms with Gasteiger partial charge in [-0.2, -0.15) is 0 Å². The first-order chi connectivity index (χ1) is 11.6. The number of esters is 1. The molecule has 2 atom stereocenters. The molecule has 1 aromatic carbocycles. The quantitative estimate of drug-likeness (QED) is 0.789. The van der Waals surface area contributed by atoms with Crippen LogP contribution in [0.15, 0.2) is 18.2 Å². The molecule has 0 spiro atoms. The molecule has 1 unspecified atom stereocenters. The maximum atomic E-state index is 14.5. The van der Waals surface area contributed by atoms with Crippen molar-refractivity contribution >= 4 is 11.7 Å². The molecule has 0 amide bonds. The molecule has 5 nitrogen and oxygen atoms in total. The first kappa shape index (κ1) is 17.2. The molecular formula is C18H25FN2O3. The fourth-order valence-corrected chi connectivity index (χ4v) is 3.61. The number of benzene rings is 1. The van der Waals surface area contributed by atoms with E-state index in [1.54, 1.807) is 6.07 Å². The van der Waals surface area contributed by atoms with Crippen LogP contribution < -0.4 is 4.90 Å². The van der Waals surface area contributed by atoms with E-state index in [2.05, 4.69) is 9.80 Å². The Morgan fingerprint density at radius 1 is 1.33 bits per heavy atom. The van der Waals surface area contributed by atoms with Gasteiger partial charge in [0, 0.05) is 44.0 Å². The summed E-state index contributed by atoms with van der Waals surface area (Å²) in [5.41, 5.74) is 1.68. The van der Waals surface area contributed by atoms with Crippen molar-refractivity contribution < 1.29 is 18.7 Å². The number of carbonyl (C=O) groups excluding carboxylic acids is 1. The van der Waals surface area contributed by atoms with Crippen LogP contribution >= 0.6 is 0 Å². The van der Waals surface area contributed by atoms with E-state index in [0.717, 1.165) is 31.6 Å². The lowest BCUT2D eigenvalue weighted by Crippen LogP contribution is -2.49. The smallest absolute Gasteiger partial charge is 0.336 e. The Balaban J connectivity index is 1.78. The number of hydrogen-bond donors (Lipinski definition) is 0. The second-order valence-electron chi connectivity index (χ2n) is 6.58. The molecular weight excluding hydrogens is 311 g/mol. The maximum absolute atomic E-state index is 14.5. The minimum atomic E-state index is -0.610. The highest BCUT2D eigenvalue weighted by Gasteiger charge is 2.32. The van der Waals surface area contributed by atoms with Crippen molar-refractivity contribution in [3.05, 3.63) is 29.6 Å². The van der Waals surface area contributed by atoms with Gasteiger partial charge in [-0.3, -0.25) is 4.90 Å². The summed E-state index contributed by atoms with van der Waals surface area (Å²) >= 11 is 0. The lowest BCUT2D eigenvalue weighted by molar-refractivity contribution is -0.166. The van der Waals surface area contributed by atoms with E-state index in [9.17, 15) is 9.18 Å². The summed E-state index contributed by atoms with van der Waals surface area (Å²) in [5, 5.41) is 0. The summed E-state index contributed by atoms with van der Waals surface area (Å²) in [5.74, 6) is -0.562. The second-order valence-corrected chi connectivity index (χ2v) is 6.58. The lowest BCUT2D eigenvalue weighted by Gasteiger charge is -2.36. The summed E-state index contributed by atoms with van der Waals surface area (Å²) < 4.78 is 24.9. The van der Waals surface area contributed by atoms with Crippen molar-refractivity contribution in [2.24, 2.45) is 0 Å². The number of halogens is 1. The zero-order valence-corrected chi connectivity index (χ0v) is 14.3. The third-order valence-corrected chi connectivity index (χ3v) is 4.72. The topological polar surface area (TPSA) is 42.0 Å². The Labute approximate surface area is 142 Å². The molecule has 2 heterocycles. The average molecular weight is 336 g/mol. The van der Waals surface area contributed by atoms with E-state index in [0.29, 0.717) is 25.2 Å². The van der Waals surface area contributed by atoms with Gasteiger partial charge in [-0.25, -0.2) is 9.18 Å². The molecule has 2 fully saturated rings. The molecule has 2 aliphatic heterocycles. The second kappa shape index (κ2) is 7.49. The van der Waals surface area contributed by atoms with Gasteiger partial charge >= 0.3 is 5.97 Å². The van der Waals surface area contributed by atoms with Crippen molar-refractivity contribution in [2.45, 2.75) is 38.5 Å². The summed E-state index contributed by atoms with van der Waals surface area (Å²) in [6.07, 6.45) is 1.59. The van der Waals surface area contributed by atoms with Gasteiger partial charge in [0.05, 0.1) is 13.2 Å². The van der Waals surface area contributed by atoms with Crippen molar-refractivity contribution in [3.63, 3.8) is 0 Å². The molecule has 132 valence electrons. The number of anilines is 1. The minimum Gasteiger partial charge on any atom is -0.467 e. The Kier molecular flexibility index (Phi) is 5.36. The summed E-state index contributed by atoms with van der Waals surface area (Å²) in [6, 6.07) is 5.27. The monoisotopic (exact) mass is 336 g/mol. The SMILES string of the molecule is COC(=O)C1CN(Cc2c(F)cccc2N2CCCC2)C[C@@H](C)O1. The number of nitrogens with zero attached hydrogens (tertiary/aromatic N) is 2. The van der Waals surface area contributed by atoms with Crippen LogP contribution in [0.4, 0.5) is 10.1 Å². The van der Waals surface area contributed by atoms with Crippen LogP contribution in [0.25, 0.3) is 0 Å². The Hall–Kier alpha value is -1.66. The third-order valence-electron chi connectivity index (χ3n) is 4.72. The average Bonchev–Trinajstić information content (AvgIpc) is 3.09. The number of morpholine rings is 1. The highest BCUT2D eigenvalue weighted by Crippen LogP contribution is 2.28. The minimum absolute atomic E-state index is 0.0927. The Morgan fingerprint density at radius 2 is 2.08 bits per heavy atom. The van der Waals surface area contributed by atoms with Gasteiger partial charge in [-0.05, 0) is 31.9 Å². The van der Waals surface area contributed by atoms with Crippen LogP contribution in [0, 0.1) is 5.82 Å². The van der Waals surface area contributed by atoms with Crippen molar-refractivity contribution in [3.8, 4) is 0 Å². The lowest BCUT2D eigenvalue weighted by atomic mass is 10.1. The van der Waals surface area contributed by atoms with Gasteiger partial charge in [0.1, 0.15) is 5.82 Å². The highest BCUT2D eigenvalue weighted by atomic mass is 19.1. The molecule has 0 N–H and O–H groups in total. The van der Waals surface area contributed by atoms with Gasteiger partial charge < -0.3 is 14.4 Å².